The number of aliphatic hydroxyl groups excluding tert-OH is 1. The van der Waals surface area contributed by atoms with Crippen LogP contribution in [0.2, 0.25) is 0 Å². The Morgan fingerprint density at radius 2 is 1.19 bits per heavy atom. The van der Waals surface area contributed by atoms with Crippen molar-refractivity contribution in [2.75, 3.05) is 19.0 Å². The van der Waals surface area contributed by atoms with E-state index in [9.17, 15) is 8.42 Å². The van der Waals surface area contributed by atoms with Gasteiger partial charge in [0.1, 0.15) is 0 Å². The van der Waals surface area contributed by atoms with Crippen molar-refractivity contribution >= 4 is 10.1 Å². The lowest BCUT2D eigenvalue weighted by Crippen LogP contribution is -2.14. The van der Waals surface area contributed by atoms with Crippen LogP contribution >= 0.6 is 0 Å². The van der Waals surface area contributed by atoms with Gasteiger partial charge in [0.05, 0.1) is 19.0 Å². The van der Waals surface area contributed by atoms with Gasteiger partial charge in [-0.25, -0.2) is 0 Å². The summed E-state index contributed by atoms with van der Waals surface area (Å²) in [6.07, 6.45) is 15.0. The molecule has 0 radical (unpaired) electrons. The number of hydrogen-bond donors (Lipinski definition) is 1. The summed E-state index contributed by atoms with van der Waals surface area (Å²) in [5.41, 5.74) is 0. The average molecular weight is 323 g/mol. The molecule has 0 unspecified atom stereocenters. The summed E-state index contributed by atoms with van der Waals surface area (Å²) in [6.45, 7) is 2.12. The minimum atomic E-state index is -3.50. The highest BCUT2D eigenvalue weighted by atomic mass is 32.2. The van der Waals surface area contributed by atoms with Crippen LogP contribution in [0.25, 0.3) is 0 Å². The van der Waals surface area contributed by atoms with Gasteiger partial charge in [-0.2, -0.15) is 8.42 Å². The van der Waals surface area contributed by atoms with E-state index < -0.39 is 10.1 Å². The van der Waals surface area contributed by atoms with E-state index in [4.69, 9.17) is 9.29 Å². The van der Waals surface area contributed by atoms with Crippen LogP contribution in [0, 0.1) is 0 Å². The highest BCUT2D eigenvalue weighted by Gasteiger charge is 2.08. The molecular weight excluding hydrogens is 288 g/mol. The Morgan fingerprint density at radius 1 is 0.762 bits per heavy atom. The fourth-order valence-electron chi connectivity index (χ4n) is 2.30. The van der Waals surface area contributed by atoms with Crippen molar-refractivity contribution in [2.45, 2.75) is 84.0 Å². The second kappa shape index (κ2) is 14.8. The molecule has 0 aliphatic heterocycles. The minimum absolute atomic E-state index is 0.250. The smallest absolute Gasteiger partial charge is 0.269 e. The number of unbranched alkanes of at least 4 members (excludes halogenated alkanes) is 11. The Balaban J connectivity index is 3.16. The molecule has 21 heavy (non-hydrogen) atoms. The third kappa shape index (κ3) is 16.1. The topological polar surface area (TPSA) is 63.6 Å². The zero-order chi connectivity index (χ0) is 15.8. The molecule has 0 spiro atoms. The Labute approximate surface area is 131 Å². The van der Waals surface area contributed by atoms with Gasteiger partial charge in [-0.3, -0.25) is 4.18 Å². The summed E-state index contributed by atoms with van der Waals surface area (Å²) < 4.78 is 27.1. The van der Waals surface area contributed by atoms with Crippen molar-refractivity contribution in [3.63, 3.8) is 0 Å². The summed E-state index contributed by atoms with van der Waals surface area (Å²) >= 11 is 0. The molecule has 0 aromatic rings. The first-order valence-electron chi connectivity index (χ1n) is 8.60. The third-order valence-electron chi connectivity index (χ3n) is 3.60. The predicted molar refractivity (Wildman–Crippen MR) is 87.9 cm³/mol. The predicted octanol–water partition coefficient (Wildman–Crippen LogP) is 4.03. The van der Waals surface area contributed by atoms with E-state index in [1.165, 1.54) is 57.8 Å². The molecule has 128 valence electrons. The average Bonchev–Trinajstić information content (AvgIpc) is 2.44. The minimum Gasteiger partial charge on any atom is -0.395 e. The van der Waals surface area contributed by atoms with Crippen LogP contribution < -0.4 is 0 Å². The molecule has 1 N–H and O–H groups in total. The molecule has 0 fully saturated rings. The SMILES string of the molecule is CCCCCCCCCCCCCCOS(=O)(=O)CCO. The fraction of sp³-hybridized carbons (Fsp3) is 1.00. The molecule has 5 heteroatoms. The Morgan fingerprint density at radius 3 is 1.62 bits per heavy atom. The summed E-state index contributed by atoms with van der Waals surface area (Å²) in [5.74, 6) is -0.300. The van der Waals surface area contributed by atoms with Gasteiger partial charge in [0.15, 0.2) is 0 Å². The Hall–Kier alpha value is -0.130. The van der Waals surface area contributed by atoms with Crippen molar-refractivity contribution < 1.29 is 17.7 Å². The molecule has 0 aromatic carbocycles. The summed E-state index contributed by atoms with van der Waals surface area (Å²) in [5, 5.41) is 8.55. The van der Waals surface area contributed by atoms with Crippen LogP contribution in [0.5, 0.6) is 0 Å². The lowest BCUT2D eigenvalue weighted by molar-refractivity contribution is 0.285. The van der Waals surface area contributed by atoms with Gasteiger partial charge in [0.25, 0.3) is 10.1 Å². The van der Waals surface area contributed by atoms with Crippen LogP contribution in [0.3, 0.4) is 0 Å². The molecule has 0 rings (SSSR count). The number of aliphatic hydroxyl groups is 1. The second-order valence-corrected chi connectivity index (χ2v) is 7.46. The first kappa shape index (κ1) is 20.9. The van der Waals surface area contributed by atoms with Crippen LogP contribution in [0.4, 0.5) is 0 Å². The van der Waals surface area contributed by atoms with Gasteiger partial charge in [0.2, 0.25) is 0 Å². The first-order valence-corrected chi connectivity index (χ1v) is 10.2. The van der Waals surface area contributed by atoms with Gasteiger partial charge in [0, 0.05) is 0 Å². The molecule has 0 aromatic heterocycles. The van der Waals surface area contributed by atoms with E-state index in [0.717, 1.165) is 19.3 Å². The molecule has 0 aliphatic rings. The van der Waals surface area contributed by atoms with Crippen LogP contribution in [0.1, 0.15) is 84.0 Å². The maximum absolute atomic E-state index is 11.1. The molecule has 4 nitrogen and oxygen atoms in total. The van der Waals surface area contributed by atoms with Gasteiger partial charge in [-0.1, -0.05) is 77.6 Å². The van der Waals surface area contributed by atoms with Crippen molar-refractivity contribution in [3.8, 4) is 0 Å². The number of hydrogen-bond acceptors (Lipinski definition) is 4. The zero-order valence-electron chi connectivity index (χ0n) is 13.7. The molecule has 0 bridgehead atoms. The van der Waals surface area contributed by atoms with Gasteiger partial charge in [-0.15, -0.1) is 0 Å². The van der Waals surface area contributed by atoms with E-state index >= 15 is 0 Å². The van der Waals surface area contributed by atoms with Crippen LogP contribution in [-0.2, 0) is 14.3 Å². The molecular formula is C16H34O4S. The van der Waals surface area contributed by atoms with Gasteiger partial charge < -0.3 is 5.11 Å². The van der Waals surface area contributed by atoms with Crippen LogP contribution in [0.15, 0.2) is 0 Å². The van der Waals surface area contributed by atoms with Crippen molar-refractivity contribution in [3.05, 3.63) is 0 Å². The van der Waals surface area contributed by atoms with Gasteiger partial charge >= 0.3 is 0 Å². The largest absolute Gasteiger partial charge is 0.395 e. The first-order chi connectivity index (χ1) is 10.1. The highest BCUT2D eigenvalue weighted by molar-refractivity contribution is 7.86. The van der Waals surface area contributed by atoms with Crippen molar-refractivity contribution in [1.82, 2.24) is 0 Å². The van der Waals surface area contributed by atoms with Crippen molar-refractivity contribution in [1.29, 1.82) is 0 Å². The molecule has 0 saturated carbocycles. The fourth-order valence-corrected chi connectivity index (χ4v) is 3.01. The van der Waals surface area contributed by atoms with E-state index in [1.807, 2.05) is 0 Å². The summed E-state index contributed by atoms with van der Waals surface area (Å²) in [7, 11) is -3.50. The van der Waals surface area contributed by atoms with E-state index in [1.54, 1.807) is 0 Å². The monoisotopic (exact) mass is 322 g/mol. The number of rotatable bonds is 16. The second-order valence-electron chi connectivity index (χ2n) is 5.70. The maximum Gasteiger partial charge on any atom is 0.269 e. The normalized spacial score (nSPS) is 11.9. The summed E-state index contributed by atoms with van der Waals surface area (Å²) in [6, 6.07) is 0. The molecule has 0 atom stereocenters. The highest BCUT2D eigenvalue weighted by Crippen LogP contribution is 2.12. The quantitative estimate of drug-likeness (QED) is 0.344. The van der Waals surface area contributed by atoms with E-state index in [0.29, 0.717) is 0 Å². The molecule has 0 heterocycles. The van der Waals surface area contributed by atoms with Crippen molar-refractivity contribution in [2.24, 2.45) is 0 Å². The molecule has 0 saturated heterocycles. The Bertz CT molecular complexity index is 301. The maximum atomic E-state index is 11.1. The zero-order valence-corrected chi connectivity index (χ0v) is 14.5. The third-order valence-corrected chi connectivity index (χ3v) is 4.81. The Kier molecular flexibility index (Phi) is 14.7. The van der Waals surface area contributed by atoms with E-state index in [-0.39, 0.29) is 19.0 Å². The summed E-state index contributed by atoms with van der Waals surface area (Å²) in [4.78, 5) is 0. The lowest BCUT2D eigenvalue weighted by Gasteiger charge is -2.04. The molecule has 0 aliphatic carbocycles. The van der Waals surface area contributed by atoms with Crippen LogP contribution in [-0.4, -0.2) is 32.5 Å². The van der Waals surface area contributed by atoms with Gasteiger partial charge in [-0.05, 0) is 6.42 Å². The molecule has 0 amide bonds. The lowest BCUT2D eigenvalue weighted by atomic mass is 10.1. The standard InChI is InChI=1S/C16H34O4S/c1-2-3-4-5-6-7-8-9-10-11-12-13-15-20-21(18,19)16-14-17/h17H,2-16H2,1H3. The van der Waals surface area contributed by atoms with E-state index in [2.05, 4.69) is 6.92 Å².